The summed E-state index contributed by atoms with van der Waals surface area (Å²) in [5, 5.41) is 0. The van der Waals surface area contributed by atoms with Crippen LogP contribution < -0.4 is 0 Å². The van der Waals surface area contributed by atoms with Gasteiger partial charge in [0.15, 0.2) is 0 Å². The van der Waals surface area contributed by atoms with Crippen molar-refractivity contribution in [1.82, 2.24) is 0 Å². The van der Waals surface area contributed by atoms with Gasteiger partial charge in [0.05, 0.1) is 4.83 Å². The lowest BCUT2D eigenvalue weighted by Gasteiger charge is -2.06. The first-order valence-corrected chi connectivity index (χ1v) is 5.32. The first-order valence-electron chi connectivity index (χ1n) is 4.40. The summed E-state index contributed by atoms with van der Waals surface area (Å²) in [6.45, 7) is 3.26. The van der Waals surface area contributed by atoms with Crippen molar-refractivity contribution in [2.75, 3.05) is 0 Å². The Kier molecular flexibility index (Phi) is 3.81. The first kappa shape index (κ1) is 11.4. The molecule has 1 nitrogen and oxygen atoms in total. The SMILES string of the molecule is CC(=O)C(Br)Cc1ccc(F)c(C)c1. The molecule has 14 heavy (non-hydrogen) atoms. The molecule has 1 aromatic carbocycles. The number of rotatable bonds is 3. The smallest absolute Gasteiger partial charge is 0.143 e. The van der Waals surface area contributed by atoms with E-state index in [0.29, 0.717) is 12.0 Å². The molecule has 0 spiro atoms. The van der Waals surface area contributed by atoms with Gasteiger partial charge in [0.2, 0.25) is 0 Å². The number of hydrogen-bond acceptors (Lipinski definition) is 1. The van der Waals surface area contributed by atoms with E-state index in [1.165, 1.54) is 13.0 Å². The fourth-order valence-corrected chi connectivity index (χ4v) is 1.56. The Morgan fingerprint density at radius 1 is 1.57 bits per heavy atom. The van der Waals surface area contributed by atoms with Crippen LogP contribution in [0.5, 0.6) is 0 Å². The monoisotopic (exact) mass is 258 g/mol. The molecule has 0 N–H and O–H groups in total. The zero-order chi connectivity index (χ0) is 10.7. The van der Waals surface area contributed by atoms with Crippen molar-refractivity contribution in [3.63, 3.8) is 0 Å². The lowest BCUT2D eigenvalue weighted by Crippen LogP contribution is -2.12. The average molecular weight is 259 g/mol. The molecule has 76 valence electrons. The Morgan fingerprint density at radius 2 is 2.21 bits per heavy atom. The molecular weight excluding hydrogens is 247 g/mol. The molecule has 0 aliphatic carbocycles. The van der Waals surface area contributed by atoms with E-state index in [9.17, 15) is 9.18 Å². The molecule has 0 heterocycles. The van der Waals surface area contributed by atoms with Crippen molar-refractivity contribution < 1.29 is 9.18 Å². The van der Waals surface area contributed by atoms with Crippen molar-refractivity contribution in [2.24, 2.45) is 0 Å². The molecule has 0 fully saturated rings. The molecule has 0 amide bonds. The van der Waals surface area contributed by atoms with Crippen molar-refractivity contribution >= 4 is 21.7 Å². The number of alkyl halides is 1. The lowest BCUT2D eigenvalue weighted by atomic mass is 10.1. The molecule has 0 saturated heterocycles. The van der Waals surface area contributed by atoms with Crippen molar-refractivity contribution in [3.8, 4) is 0 Å². The number of carbonyl (C=O) groups is 1. The molecule has 3 heteroatoms. The number of halogens is 2. The zero-order valence-electron chi connectivity index (χ0n) is 8.18. The van der Waals surface area contributed by atoms with E-state index in [2.05, 4.69) is 15.9 Å². The number of aryl methyl sites for hydroxylation is 1. The molecule has 0 aliphatic rings. The minimum Gasteiger partial charge on any atom is -0.299 e. The highest BCUT2D eigenvalue weighted by molar-refractivity contribution is 9.10. The Morgan fingerprint density at radius 3 is 2.71 bits per heavy atom. The largest absolute Gasteiger partial charge is 0.299 e. The van der Waals surface area contributed by atoms with Crippen molar-refractivity contribution in [3.05, 3.63) is 35.1 Å². The number of ketones is 1. The standard InChI is InChI=1S/C11H12BrFO/c1-7-5-9(3-4-11(7)13)6-10(12)8(2)14/h3-5,10H,6H2,1-2H3. The Balaban J connectivity index is 2.78. The minimum absolute atomic E-state index is 0.0898. The average Bonchev–Trinajstić information content (AvgIpc) is 2.11. The zero-order valence-corrected chi connectivity index (χ0v) is 9.77. The molecule has 1 rings (SSSR count). The maximum atomic E-state index is 12.9. The summed E-state index contributed by atoms with van der Waals surface area (Å²) < 4.78 is 12.9. The van der Waals surface area contributed by atoms with E-state index in [1.807, 2.05) is 0 Å². The van der Waals surface area contributed by atoms with Crippen molar-refractivity contribution in [1.29, 1.82) is 0 Å². The molecule has 1 aromatic rings. The Labute approximate surface area is 91.5 Å². The van der Waals surface area contributed by atoms with E-state index >= 15 is 0 Å². The Bertz CT molecular complexity index is 349. The fraction of sp³-hybridized carbons (Fsp3) is 0.364. The van der Waals surface area contributed by atoms with Crippen molar-refractivity contribution in [2.45, 2.75) is 25.1 Å². The number of benzene rings is 1. The molecule has 1 unspecified atom stereocenters. The second kappa shape index (κ2) is 4.69. The van der Waals surface area contributed by atoms with Gasteiger partial charge >= 0.3 is 0 Å². The van der Waals surface area contributed by atoms with Crippen LogP contribution in [0.1, 0.15) is 18.1 Å². The van der Waals surface area contributed by atoms with E-state index in [4.69, 9.17) is 0 Å². The van der Waals surface area contributed by atoms with Gasteiger partial charge in [-0.1, -0.05) is 28.1 Å². The molecule has 1 atom stereocenters. The molecule has 0 bridgehead atoms. The normalized spacial score (nSPS) is 12.6. The van der Waals surface area contributed by atoms with Gasteiger partial charge in [-0.2, -0.15) is 0 Å². The van der Waals surface area contributed by atoms with Gasteiger partial charge in [-0.15, -0.1) is 0 Å². The van der Waals surface area contributed by atoms with Crippen LogP contribution in [-0.4, -0.2) is 10.6 Å². The van der Waals surface area contributed by atoms with E-state index in [-0.39, 0.29) is 16.4 Å². The molecule has 0 aromatic heterocycles. The quantitative estimate of drug-likeness (QED) is 0.762. The van der Waals surface area contributed by atoms with Crippen LogP contribution in [0.15, 0.2) is 18.2 Å². The molecule has 0 radical (unpaired) electrons. The summed E-state index contributed by atoms with van der Waals surface area (Å²) in [6.07, 6.45) is 0.608. The van der Waals surface area contributed by atoms with Gasteiger partial charge in [0, 0.05) is 0 Å². The van der Waals surface area contributed by atoms with Gasteiger partial charge in [0.1, 0.15) is 11.6 Å². The molecule has 0 saturated carbocycles. The van der Waals surface area contributed by atoms with Crippen LogP contribution in [0.2, 0.25) is 0 Å². The summed E-state index contributed by atoms with van der Waals surface area (Å²) in [7, 11) is 0. The number of hydrogen-bond donors (Lipinski definition) is 0. The van der Waals surface area contributed by atoms with Gasteiger partial charge in [0.25, 0.3) is 0 Å². The minimum atomic E-state index is -0.206. The second-order valence-corrected chi connectivity index (χ2v) is 4.47. The van der Waals surface area contributed by atoms with Gasteiger partial charge in [-0.3, -0.25) is 4.79 Å². The summed E-state index contributed by atoms with van der Waals surface area (Å²) >= 11 is 3.28. The highest BCUT2D eigenvalue weighted by Gasteiger charge is 2.10. The summed E-state index contributed by atoms with van der Waals surface area (Å²) in [6, 6.07) is 4.91. The van der Waals surface area contributed by atoms with Crippen LogP contribution in [0.3, 0.4) is 0 Å². The predicted octanol–water partition coefficient (Wildman–Crippen LogP) is 3.03. The highest BCUT2D eigenvalue weighted by Crippen LogP contribution is 2.14. The van der Waals surface area contributed by atoms with Crippen LogP contribution in [0.25, 0.3) is 0 Å². The van der Waals surface area contributed by atoms with E-state index in [1.54, 1.807) is 19.1 Å². The topological polar surface area (TPSA) is 17.1 Å². The Hall–Kier alpha value is -0.700. The van der Waals surface area contributed by atoms with Gasteiger partial charge in [-0.05, 0) is 37.5 Å². The van der Waals surface area contributed by atoms with Crippen LogP contribution in [-0.2, 0) is 11.2 Å². The van der Waals surface area contributed by atoms with Gasteiger partial charge in [-0.25, -0.2) is 4.39 Å². The van der Waals surface area contributed by atoms with E-state index in [0.717, 1.165) is 5.56 Å². The summed E-state index contributed by atoms with van der Waals surface area (Å²) in [5.74, 6) is -0.116. The highest BCUT2D eigenvalue weighted by atomic mass is 79.9. The van der Waals surface area contributed by atoms with E-state index < -0.39 is 0 Å². The third-order valence-corrected chi connectivity index (χ3v) is 3.05. The predicted molar refractivity (Wildman–Crippen MR) is 58.2 cm³/mol. The van der Waals surface area contributed by atoms with Crippen LogP contribution in [0.4, 0.5) is 4.39 Å². The fourth-order valence-electron chi connectivity index (χ4n) is 1.18. The third-order valence-electron chi connectivity index (χ3n) is 2.08. The maximum Gasteiger partial charge on any atom is 0.143 e. The second-order valence-electron chi connectivity index (χ2n) is 3.37. The number of carbonyl (C=O) groups excluding carboxylic acids is 1. The van der Waals surface area contributed by atoms with Crippen LogP contribution in [0, 0.1) is 12.7 Å². The number of Topliss-reactive ketones (excluding diaryl/α,β-unsaturated/α-hetero) is 1. The lowest BCUT2D eigenvalue weighted by molar-refractivity contribution is -0.116. The maximum absolute atomic E-state index is 12.9. The third kappa shape index (κ3) is 2.91. The van der Waals surface area contributed by atoms with Gasteiger partial charge < -0.3 is 0 Å². The summed E-state index contributed by atoms with van der Waals surface area (Å²) in [5.41, 5.74) is 1.59. The molecule has 0 aliphatic heterocycles. The van der Waals surface area contributed by atoms with Crippen LogP contribution >= 0.6 is 15.9 Å². The summed E-state index contributed by atoms with van der Waals surface area (Å²) in [4.78, 5) is 10.8. The molecular formula is C11H12BrFO. The first-order chi connectivity index (χ1) is 6.50.